The first-order valence-corrected chi connectivity index (χ1v) is 38.3. The number of hydrogen-bond acceptors (Lipinski definition) is 16. The largest absolute Gasteiger partial charge is 0.431 e. The summed E-state index contributed by atoms with van der Waals surface area (Å²) < 4.78 is 15.7. The van der Waals surface area contributed by atoms with E-state index in [-0.39, 0.29) is 87.5 Å². The Labute approximate surface area is 617 Å². The van der Waals surface area contributed by atoms with Gasteiger partial charge >= 0.3 is 16.9 Å². The lowest BCUT2D eigenvalue weighted by molar-refractivity contribution is -0.383. The molecule has 22 rings (SSSR count). The minimum atomic E-state index is -0.564. The minimum Gasteiger partial charge on any atom is -0.431 e. The molecule has 5 heterocycles. The summed E-state index contributed by atoms with van der Waals surface area (Å²) in [6.07, 6.45) is 31.6. The molecule has 7 N–H and O–H groups in total. The Morgan fingerprint density at radius 2 is 0.832 bits per heavy atom. The molecular formula is C85H93N7O15. The van der Waals surface area contributed by atoms with E-state index in [1.54, 1.807) is 59.6 Å². The van der Waals surface area contributed by atoms with Gasteiger partial charge in [0.1, 0.15) is 0 Å². The van der Waals surface area contributed by atoms with Crippen LogP contribution < -0.4 is 44.1 Å². The van der Waals surface area contributed by atoms with Gasteiger partial charge in [0, 0.05) is 101 Å². The number of anilines is 4. The quantitative estimate of drug-likeness (QED) is 0.0335. The number of β-amino-alcohol motifs (C(OH)–C–C–N with tert-alkyl or cyclic N) is 1. The van der Waals surface area contributed by atoms with Gasteiger partial charge in [0.2, 0.25) is 17.7 Å². The van der Waals surface area contributed by atoms with Crippen LogP contribution >= 0.6 is 0 Å². The maximum absolute atomic E-state index is 13.0. The maximum Gasteiger partial charge on any atom is 0.343 e. The summed E-state index contributed by atoms with van der Waals surface area (Å²) in [7, 11) is 0. The zero-order valence-electron chi connectivity index (χ0n) is 60.2. The van der Waals surface area contributed by atoms with Crippen LogP contribution in [0.3, 0.4) is 0 Å². The molecule has 107 heavy (non-hydrogen) atoms. The van der Waals surface area contributed by atoms with Crippen LogP contribution in [0.1, 0.15) is 151 Å². The standard InChI is InChI=1S/C23H30N2O3.C23H28N2O3.C21H23NO3.C9H5NO4.C9H7NO2/c2*26-7-6-25-5-4-18-19(22(25)28)2-1-3-20(18)24-21(27)14-23-11-15-8-16(12-23)10-17(9-15)13-23;23-19(12-21-9-13-6-14(10-21)8-15(7-13)11-21)22-18-3-1-2-17-16(18)4-5-25-20(17)24;11-9-7-2-1-3-8(10(12)13)6(7)4-5-14-9;10-8-3-1-2-7-6(8)4-5-12-9(7)11/h1-3,15-17,26H,4-14H2,(H,24,27);1-5,15-17,26H,6-14H2,(H,24,27);1-5,13-15H,6-12H2,(H,22,23);1-5H;1-5H,10H2. The number of aromatic nitrogens is 1. The fraction of sp³-hybridized carbons (Fsp3) is 0.459. The summed E-state index contributed by atoms with van der Waals surface area (Å²) in [5, 5.41) is 42.6. The Bertz CT molecular complexity index is 5060. The normalized spacial score (nSPS) is 26.9. The van der Waals surface area contributed by atoms with Gasteiger partial charge in [0.15, 0.2) is 0 Å². The number of aliphatic hydroxyl groups is 2. The van der Waals surface area contributed by atoms with Crippen LogP contribution in [-0.4, -0.2) is 74.5 Å². The molecule has 12 fully saturated rings. The van der Waals surface area contributed by atoms with Gasteiger partial charge in [-0.2, -0.15) is 0 Å². The van der Waals surface area contributed by atoms with Crippen molar-refractivity contribution in [1.82, 2.24) is 9.47 Å². The van der Waals surface area contributed by atoms with E-state index >= 15 is 0 Å². The predicted octanol–water partition coefficient (Wildman–Crippen LogP) is 14.2. The lowest BCUT2D eigenvalue weighted by Crippen LogP contribution is -2.47. The van der Waals surface area contributed by atoms with E-state index in [0.717, 1.165) is 93.4 Å². The number of benzene rings is 5. The fourth-order valence-corrected chi connectivity index (χ4v) is 22.6. The number of nitro groups is 1. The summed E-state index contributed by atoms with van der Waals surface area (Å²) in [4.78, 5) is 110. The number of rotatable bonds is 14. The van der Waals surface area contributed by atoms with Crippen molar-refractivity contribution in [3.8, 4) is 0 Å². The molecular weight excluding hydrogens is 1360 g/mol. The van der Waals surface area contributed by atoms with Crippen molar-refractivity contribution in [3.05, 3.63) is 203 Å². The molecule has 558 valence electrons. The van der Waals surface area contributed by atoms with Gasteiger partial charge in [-0.05, 0) is 276 Å². The number of nitro benzene ring substituents is 1. The van der Waals surface area contributed by atoms with Gasteiger partial charge in [-0.15, -0.1) is 0 Å². The number of nitrogens with one attached hydrogen (secondary N) is 3. The summed E-state index contributed by atoms with van der Waals surface area (Å²) in [6.45, 7) is 1.13. The lowest BCUT2D eigenvalue weighted by atomic mass is 9.49. The van der Waals surface area contributed by atoms with Crippen LogP contribution in [0.5, 0.6) is 0 Å². The Balaban J connectivity index is 0.000000111. The maximum atomic E-state index is 13.0. The van der Waals surface area contributed by atoms with Crippen LogP contribution in [0.4, 0.5) is 28.4 Å². The number of aliphatic hydroxyl groups excluding tert-OH is 2. The van der Waals surface area contributed by atoms with E-state index in [0.29, 0.717) is 76.5 Å². The van der Waals surface area contributed by atoms with Gasteiger partial charge < -0.3 is 54.6 Å². The van der Waals surface area contributed by atoms with Gasteiger partial charge in [-0.3, -0.25) is 34.1 Å². The highest BCUT2D eigenvalue weighted by Gasteiger charge is 2.54. The van der Waals surface area contributed by atoms with Crippen LogP contribution in [0.2, 0.25) is 0 Å². The first-order valence-electron chi connectivity index (χ1n) is 38.3. The van der Waals surface area contributed by atoms with Crippen LogP contribution in [0, 0.1) is 79.6 Å². The van der Waals surface area contributed by atoms with Gasteiger partial charge in [0.25, 0.3) is 17.2 Å². The molecule has 12 aliphatic carbocycles. The van der Waals surface area contributed by atoms with Gasteiger partial charge in [0.05, 0.1) is 58.5 Å². The third-order valence-electron chi connectivity index (χ3n) is 25.4. The zero-order chi connectivity index (χ0) is 74.3. The molecule has 1 aliphatic heterocycles. The van der Waals surface area contributed by atoms with E-state index < -0.39 is 10.5 Å². The summed E-state index contributed by atoms with van der Waals surface area (Å²) in [6, 6.07) is 32.6. The first kappa shape index (κ1) is 72.5. The van der Waals surface area contributed by atoms with Crippen molar-refractivity contribution >= 4 is 95.2 Å². The van der Waals surface area contributed by atoms with Crippen molar-refractivity contribution in [3.63, 3.8) is 0 Å². The third kappa shape index (κ3) is 15.5. The number of carbonyl (C=O) groups is 4. The summed E-state index contributed by atoms with van der Waals surface area (Å²) >= 11 is 0. The minimum absolute atomic E-state index is 0.0252. The SMILES string of the molecule is Nc1cccc2c(=O)occc12.O=C(CC12CC3CC(CC(C3)C1)C2)Nc1cccc2c(=O)n(CCO)ccc12.O=C(CC12CC3CC(CC(C3)C1)C2)Nc1cccc2c(=O)occc12.O=C(CC12CC3CC(CC(C3)C1)C2)Nc1cccc2c1CCN(CCO)C2=O.O=c1occc2c([N+](=O)[O-])cccc12. The zero-order valence-corrected chi connectivity index (χ0v) is 60.2. The fourth-order valence-electron chi connectivity index (χ4n) is 22.6. The van der Waals surface area contributed by atoms with E-state index in [4.69, 9.17) is 20.4 Å². The molecule has 9 aromatic rings. The average molecular weight is 1450 g/mol. The predicted molar refractivity (Wildman–Crippen MR) is 409 cm³/mol. The van der Waals surface area contributed by atoms with E-state index in [2.05, 4.69) is 24.8 Å². The molecule has 0 radical (unpaired) electrons. The number of nitrogen functional groups attached to an aromatic ring is 1. The molecule has 22 heteroatoms. The second kappa shape index (κ2) is 30.3. The number of pyridine rings is 1. The Morgan fingerprint density at radius 1 is 0.458 bits per heavy atom. The molecule has 12 saturated carbocycles. The number of hydrogen-bond donors (Lipinski definition) is 6. The monoisotopic (exact) mass is 1450 g/mol. The average Bonchev–Trinajstić information content (AvgIpc) is 0.754. The molecule has 0 saturated heterocycles. The Hall–Kier alpha value is -10.1. The molecule has 4 aromatic heterocycles. The number of fused-ring (bicyclic) bond motifs is 5. The topological polar surface area (TPSA) is 330 Å². The van der Waals surface area contributed by atoms with E-state index in [1.807, 2.05) is 42.5 Å². The highest BCUT2D eigenvalue weighted by molar-refractivity contribution is 6.04. The van der Waals surface area contributed by atoms with Crippen LogP contribution in [-0.2, 0) is 27.3 Å². The van der Waals surface area contributed by atoms with Gasteiger partial charge in [-0.1, -0.05) is 30.3 Å². The molecule has 22 nitrogen and oxygen atoms in total. The number of non-ortho nitro benzene ring substituents is 1. The molecule has 5 aromatic carbocycles. The van der Waals surface area contributed by atoms with Crippen molar-refractivity contribution in [1.29, 1.82) is 0 Å². The van der Waals surface area contributed by atoms with Crippen molar-refractivity contribution in [2.75, 3.05) is 48.0 Å². The van der Waals surface area contributed by atoms with E-state index in [9.17, 15) is 48.5 Å². The van der Waals surface area contributed by atoms with Crippen LogP contribution in [0.25, 0.3) is 43.1 Å². The first-order chi connectivity index (χ1) is 51.7. The number of amides is 4. The number of nitrogens with two attached hydrogens (primary N) is 1. The molecule has 13 aliphatic rings. The summed E-state index contributed by atoms with van der Waals surface area (Å²) in [5.74, 6) is 7.81. The number of carbonyl (C=O) groups excluding carboxylic acids is 4. The Morgan fingerprint density at radius 3 is 1.28 bits per heavy atom. The molecule has 0 unspecified atom stereocenters. The smallest absolute Gasteiger partial charge is 0.343 e. The second-order valence-electron chi connectivity index (χ2n) is 33.0. The third-order valence-corrected chi connectivity index (χ3v) is 25.4. The highest BCUT2D eigenvalue weighted by atomic mass is 16.6. The van der Waals surface area contributed by atoms with Crippen molar-refractivity contribution in [2.45, 2.75) is 148 Å². The number of nitrogens with zero attached hydrogens (tertiary/aromatic N) is 3. The highest BCUT2D eigenvalue weighted by Crippen LogP contribution is 2.64. The molecule has 0 spiro atoms. The molecule has 12 bridgehead atoms. The molecule has 4 amide bonds. The van der Waals surface area contributed by atoms with Crippen molar-refractivity contribution in [2.24, 2.45) is 69.5 Å². The van der Waals surface area contributed by atoms with Crippen LogP contribution in [0.15, 0.2) is 173 Å². The molecule has 0 atom stereocenters. The van der Waals surface area contributed by atoms with E-state index in [1.165, 1.54) is 157 Å². The second-order valence-corrected chi connectivity index (χ2v) is 33.0. The lowest BCUT2D eigenvalue weighted by Gasteiger charge is -2.56. The van der Waals surface area contributed by atoms with Gasteiger partial charge in [-0.25, -0.2) is 14.4 Å². The summed E-state index contributed by atoms with van der Waals surface area (Å²) in [5.41, 5.74) is 9.21. The Kier molecular flexibility index (Phi) is 20.5. The van der Waals surface area contributed by atoms with Crippen molar-refractivity contribution < 1.29 is 47.6 Å².